The maximum Gasteiger partial charge on any atom is 0.254 e. The van der Waals surface area contributed by atoms with Crippen LogP contribution in [0.2, 0.25) is 0 Å². The first kappa shape index (κ1) is 19.6. The summed E-state index contributed by atoms with van der Waals surface area (Å²) < 4.78 is 1.69. The molecule has 0 spiro atoms. The quantitative estimate of drug-likeness (QED) is 0.721. The molecule has 1 amide bonds. The Bertz CT molecular complexity index is 1030. The average molecular weight is 393 g/mol. The number of piperidine rings is 1. The molecular formula is C23H28N4O2. The zero-order valence-electron chi connectivity index (χ0n) is 17.1. The molecule has 0 unspecified atom stereocenters. The SMILES string of the molecule is CCc1ccc2nc(-c3cnn(CCO)c3)cc(C(=O)N3CCC[C@@H](C)C3)c2c1. The first-order chi connectivity index (χ1) is 14.1. The van der Waals surface area contributed by atoms with Crippen molar-refractivity contribution in [1.82, 2.24) is 19.7 Å². The Morgan fingerprint density at radius 2 is 2.17 bits per heavy atom. The summed E-state index contributed by atoms with van der Waals surface area (Å²) >= 11 is 0. The number of benzene rings is 1. The summed E-state index contributed by atoms with van der Waals surface area (Å²) in [5.41, 5.74) is 4.32. The van der Waals surface area contributed by atoms with Gasteiger partial charge in [0.05, 0.1) is 36.1 Å². The number of rotatable bonds is 5. The van der Waals surface area contributed by atoms with Crippen LogP contribution in [0, 0.1) is 5.92 Å². The highest BCUT2D eigenvalue weighted by Gasteiger charge is 2.24. The van der Waals surface area contributed by atoms with Gasteiger partial charge in [0, 0.05) is 30.2 Å². The van der Waals surface area contributed by atoms with Crippen LogP contribution in [0.25, 0.3) is 22.2 Å². The highest BCUT2D eigenvalue weighted by molar-refractivity contribution is 6.07. The van der Waals surface area contributed by atoms with Gasteiger partial charge < -0.3 is 10.0 Å². The molecule has 1 N–H and O–H groups in total. The number of hydrogen-bond acceptors (Lipinski definition) is 4. The smallest absolute Gasteiger partial charge is 0.254 e. The van der Waals surface area contributed by atoms with Gasteiger partial charge in [0.15, 0.2) is 0 Å². The second kappa shape index (κ2) is 8.33. The standard InChI is InChI=1S/C23H28N4O2/c1-3-17-6-7-21-19(11-17)20(23(29)26-8-4-5-16(2)14-26)12-22(25-21)18-13-24-27(15-18)9-10-28/h6-7,11-13,15-16,28H,3-5,8-10,14H2,1-2H3/t16-/m1/s1. The van der Waals surface area contributed by atoms with Crippen LogP contribution < -0.4 is 0 Å². The first-order valence-electron chi connectivity index (χ1n) is 10.5. The molecule has 6 heteroatoms. The van der Waals surface area contributed by atoms with Crippen molar-refractivity contribution in [2.75, 3.05) is 19.7 Å². The number of aliphatic hydroxyl groups excluding tert-OH is 1. The number of fused-ring (bicyclic) bond motifs is 1. The van der Waals surface area contributed by atoms with Gasteiger partial charge in [-0.1, -0.05) is 19.9 Å². The summed E-state index contributed by atoms with van der Waals surface area (Å²) in [6, 6.07) is 8.09. The fraction of sp³-hybridized carbons (Fsp3) is 0.435. The van der Waals surface area contributed by atoms with Crippen LogP contribution in [0.1, 0.15) is 42.6 Å². The van der Waals surface area contributed by atoms with Crippen LogP contribution in [-0.4, -0.2) is 50.4 Å². The molecule has 3 aromatic rings. The Hall–Kier alpha value is -2.73. The van der Waals surface area contributed by atoms with E-state index in [4.69, 9.17) is 10.1 Å². The minimum absolute atomic E-state index is 0.0307. The van der Waals surface area contributed by atoms with E-state index in [2.05, 4.69) is 31.1 Å². The van der Waals surface area contributed by atoms with Crippen molar-refractivity contribution in [3.05, 3.63) is 47.8 Å². The van der Waals surface area contributed by atoms with Crippen molar-refractivity contribution in [1.29, 1.82) is 0 Å². The first-order valence-corrected chi connectivity index (χ1v) is 10.5. The van der Waals surface area contributed by atoms with E-state index in [0.717, 1.165) is 48.1 Å². The number of carbonyl (C=O) groups is 1. The van der Waals surface area contributed by atoms with Crippen LogP contribution in [0.4, 0.5) is 0 Å². The highest BCUT2D eigenvalue weighted by atomic mass is 16.3. The van der Waals surface area contributed by atoms with Crippen LogP contribution >= 0.6 is 0 Å². The zero-order valence-corrected chi connectivity index (χ0v) is 17.1. The summed E-state index contributed by atoms with van der Waals surface area (Å²) in [6.07, 6.45) is 6.75. The summed E-state index contributed by atoms with van der Waals surface area (Å²) in [4.78, 5) is 20.3. The Morgan fingerprint density at radius 3 is 2.93 bits per heavy atom. The lowest BCUT2D eigenvalue weighted by molar-refractivity contribution is 0.0685. The minimum atomic E-state index is 0.0307. The van der Waals surface area contributed by atoms with E-state index < -0.39 is 0 Å². The van der Waals surface area contributed by atoms with Crippen molar-refractivity contribution < 1.29 is 9.90 Å². The van der Waals surface area contributed by atoms with Crippen molar-refractivity contribution in [2.24, 2.45) is 5.92 Å². The van der Waals surface area contributed by atoms with Crippen molar-refractivity contribution in [3.8, 4) is 11.3 Å². The lowest BCUT2D eigenvalue weighted by Crippen LogP contribution is -2.39. The molecule has 1 aromatic carbocycles. The van der Waals surface area contributed by atoms with Gasteiger partial charge in [-0.2, -0.15) is 5.10 Å². The highest BCUT2D eigenvalue weighted by Crippen LogP contribution is 2.28. The van der Waals surface area contributed by atoms with Gasteiger partial charge in [-0.05, 0) is 48.9 Å². The third-order valence-corrected chi connectivity index (χ3v) is 5.71. The fourth-order valence-electron chi connectivity index (χ4n) is 4.08. The second-order valence-corrected chi connectivity index (χ2v) is 7.97. The number of aryl methyl sites for hydroxylation is 1. The molecule has 29 heavy (non-hydrogen) atoms. The molecule has 0 radical (unpaired) electrons. The molecule has 1 aliphatic rings. The molecule has 4 rings (SSSR count). The molecule has 0 aliphatic carbocycles. The molecule has 1 saturated heterocycles. The van der Waals surface area contributed by atoms with Crippen molar-refractivity contribution in [2.45, 2.75) is 39.7 Å². The van der Waals surface area contributed by atoms with Gasteiger partial charge in [0.2, 0.25) is 0 Å². The number of nitrogens with zero attached hydrogens (tertiary/aromatic N) is 4. The van der Waals surface area contributed by atoms with E-state index in [0.29, 0.717) is 18.0 Å². The summed E-state index contributed by atoms with van der Waals surface area (Å²) in [5.74, 6) is 0.615. The molecule has 152 valence electrons. The van der Waals surface area contributed by atoms with E-state index in [-0.39, 0.29) is 12.5 Å². The van der Waals surface area contributed by atoms with Crippen LogP contribution in [0.5, 0.6) is 0 Å². The van der Waals surface area contributed by atoms with Gasteiger partial charge in [-0.15, -0.1) is 0 Å². The molecule has 1 fully saturated rings. The molecular weight excluding hydrogens is 364 g/mol. The summed E-state index contributed by atoms with van der Waals surface area (Å²) in [6.45, 7) is 6.41. The van der Waals surface area contributed by atoms with Crippen LogP contribution in [0.3, 0.4) is 0 Å². The minimum Gasteiger partial charge on any atom is -0.394 e. The largest absolute Gasteiger partial charge is 0.394 e. The van der Waals surface area contributed by atoms with E-state index >= 15 is 0 Å². The molecule has 3 heterocycles. The third-order valence-electron chi connectivity index (χ3n) is 5.71. The van der Waals surface area contributed by atoms with Gasteiger partial charge in [0.25, 0.3) is 5.91 Å². The topological polar surface area (TPSA) is 71.2 Å². The monoisotopic (exact) mass is 392 g/mol. The maximum atomic E-state index is 13.5. The molecule has 1 aliphatic heterocycles. The average Bonchev–Trinajstić information content (AvgIpc) is 3.21. The number of hydrogen-bond donors (Lipinski definition) is 1. The predicted molar refractivity (Wildman–Crippen MR) is 114 cm³/mol. The van der Waals surface area contributed by atoms with Gasteiger partial charge in [-0.3, -0.25) is 9.48 Å². The summed E-state index contributed by atoms with van der Waals surface area (Å²) in [5, 5.41) is 14.3. The third kappa shape index (κ3) is 4.03. The second-order valence-electron chi connectivity index (χ2n) is 7.97. The lowest BCUT2D eigenvalue weighted by Gasteiger charge is -2.31. The van der Waals surface area contributed by atoms with Crippen LogP contribution in [0.15, 0.2) is 36.7 Å². The molecule has 0 bridgehead atoms. The van der Waals surface area contributed by atoms with E-state index in [1.807, 2.05) is 23.2 Å². The molecule has 0 saturated carbocycles. The Balaban J connectivity index is 1.81. The molecule has 1 atom stereocenters. The Morgan fingerprint density at radius 1 is 1.31 bits per heavy atom. The number of amides is 1. The normalized spacial score (nSPS) is 17.1. The Labute approximate surface area is 171 Å². The lowest BCUT2D eigenvalue weighted by atomic mass is 9.97. The van der Waals surface area contributed by atoms with Gasteiger partial charge in [-0.25, -0.2) is 4.98 Å². The van der Waals surface area contributed by atoms with E-state index in [9.17, 15) is 4.79 Å². The fourth-order valence-corrected chi connectivity index (χ4v) is 4.08. The number of pyridine rings is 1. The predicted octanol–water partition coefficient (Wildman–Crippen LogP) is 3.53. The number of aromatic nitrogens is 3. The van der Waals surface area contributed by atoms with Crippen LogP contribution in [-0.2, 0) is 13.0 Å². The maximum absolute atomic E-state index is 13.5. The Kier molecular flexibility index (Phi) is 5.62. The number of carbonyl (C=O) groups excluding carboxylic acids is 1. The molecule has 2 aromatic heterocycles. The summed E-state index contributed by atoms with van der Waals surface area (Å²) in [7, 11) is 0. The zero-order chi connectivity index (χ0) is 20.4. The van der Waals surface area contributed by atoms with E-state index in [1.165, 1.54) is 12.0 Å². The number of likely N-dealkylation sites (tertiary alicyclic amines) is 1. The van der Waals surface area contributed by atoms with Crippen molar-refractivity contribution >= 4 is 16.8 Å². The van der Waals surface area contributed by atoms with Gasteiger partial charge in [0.1, 0.15) is 0 Å². The van der Waals surface area contributed by atoms with E-state index in [1.54, 1.807) is 10.9 Å². The molecule has 6 nitrogen and oxygen atoms in total. The number of aliphatic hydroxyl groups is 1. The van der Waals surface area contributed by atoms with Crippen molar-refractivity contribution in [3.63, 3.8) is 0 Å². The van der Waals surface area contributed by atoms with Gasteiger partial charge >= 0.3 is 0 Å².